The first kappa shape index (κ1) is 17.7. The normalized spacial score (nSPS) is 17.3. The third-order valence-corrected chi connectivity index (χ3v) is 5.29. The van der Waals surface area contributed by atoms with Crippen molar-refractivity contribution in [2.24, 2.45) is 0 Å². The number of rotatable bonds is 6. The van der Waals surface area contributed by atoms with Gasteiger partial charge in [-0.25, -0.2) is 9.78 Å². The van der Waals surface area contributed by atoms with Crippen LogP contribution in [0.3, 0.4) is 0 Å². The number of H-pyrrole nitrogens is 1. The van der Waals surface area contributed by atoms with E-state index in [0.29, 0.717) is 29.7 Å². The summed E-state index contributed by atoms with van der Waals surface area (Å²) in [6.45, 7) is 4.47. The summed E-state index contributed by atoms with van der Waals surface area (Å²) >= 11 is 0. The number of fused-ring (bicyclic) bond motifs is 1. The number of piperidine rings is 1. The lowest BCUT2D eigenvalue weighted by molar-refractivity contribution is 0.388. The second kappa shape index (κ2) is 7.92. The van der Waals surface area contributed by atoms with E-state index in [1.807, 2.05) is 18.2 Å². The van der Waals surface area contributed by atoms with E-state index in [-0.39, 0.29) is 5.69 Å². The molecule has 7 heteroatoms. The summed E-state index contributed by atoms with van der Waals surface area (Å²) in [6, 6.07) is 8.65. The third-order valence-electron chi connectivity index (χ3n) is 5.29. The van der Waals surface area contributed by atoms with E-state index in [1.54, 1.807) is 10.8 Å². The number of nitrogens with zero attached hydrogens (tertiary/aromatic N) is 3. The van der Waals surface area contributed by atoms with Crippen LogP contribution in [0.25, 0.3) is 11.2 Å². The van der Waals surface area contributed by atoms with Crippen molar-refractivity contribution in [2.45, 2.75) is 45.2 Å². The van der Waals surface area contributed by atoms with Gasteiger partial charge in [-0.1, -0.05) is 30.7 Å². The molecule has 0 bridgehead atoms. The van der Waals surface area contributed by atoms with Gasteiger partial charge in [-0.15, -0.1) is 0 Å². The minimum Gasteiger partial charge on any atom is -0.354 e. The number of hydrogen-bond acceptors (Lipinski definition) is 5. The van der Waals surface area contributed by atoms with Gasteiger partial charge in [-0.3, -0.25) is 4.57 Å². The van der Waals surface area contributed by atoms with Gasteiger partial charge in [0.1, 0.15) is 5.52 Å². The lowest BCUT2D eigenvalue weighted by Gasteiger charge is -2.23. The highest BCUT2D eigenvalue weighted by molar-refractivity contribution is 5.71. The number of hydrogen-bond donors (Lipinski definition) is 3. The molecule has 27 heavy (non-hydrogen) atoms. The number of benzene rings is 1. The Labute approximate surface area is 158 Å². The van der Waals surface area contributed by atoms with Crippen LogP contribution in [-0.4, -0.2) is 38.7 Å². The summed E-state index contributed by atoms with van der Waals surface area (Å²) < 4.78 is 1.67. The van der Waals surface area contributed by atoms with Gasteiger partial charge < -0.3 is 15.6 Å². The van der Waals surface area contributed by atoms with E-state index in [0.717, 1.165) is 30.6 Å². The molecular weight excluding hydrogens is 340 g/mol. The maximum absolute atomic E-state index is 12.4. The molecule has 3 aromatic rings. The molecule has 1 saturated heterocycles. The van der Waals surface area contributed by atoms with E-state index >= 15 is 0 Å². The first-order valence-corrected chi connectivity index (χ1v) is 9.68. The molecule has 1 aliphatic rings. The Morgan fingerprint density at radius 1 is 1.30 bits per heavy atom. The maximum Gasteiger partial charge on any atom is 0.328 e. The Balaban J connectivity index is 1.51. The number of aromatic nitrogens is 4. The Bertz CT molecular complexity index is 970. The van der Waals surface area contributed by atoms with Crippen LogP contribution in [0.2, 0.25) is 0 Å². The second-order valence-electron chi connectivity index (χ2n) is 7.24. The summed E-state index contributed by atoms with van der Waals surface area (Å²) in [5, 5.41) is 6.85. The zero-order valence-corrected chi connectivity index (χ0v) is 15.7. The topological polar surface area (TPSA) is 87.6 Å². The van der Waals surface area contributed by atoms with Gasteiger partial charge in [0.2, 0.25) is 5.95 Å². The Kier molecular flexibility index (Phi) is 5.20. The van der Waals surface area contributed by atoms with Gasteiger partial charge in [0.05, 0.1) is 12.7 Å². The molecule has 0 amide bonds. The lowest BCUT2D eigenvalue weighted by atomic mass is 10.0. The van der Waals surface area contributed by atoms with Crippen molar-refractivity contribution < 1.29 is 0 Å². The molecule has 0 saturated carbocycles. The molecule has 0 spiro atoms. The van der Waals surface area contributed by atoms with Crippen LogP contribution in [0.15, 0.2) is 35.3 Å². The fraction of sp³-hybridized carbons (Fsp3) is 0.450. The zero-order chi connectivity index (χ0) is 18.6. The molecule has 1 atom stereocenters. The molecule has 7 nitrogen and oxygen atoms in total. The highest BCUT2D eigenvalue weighted by Gasteiger charge is 2.13. The standard InChI is InChI=1S/C20H26N6O/c1-14-6-2-3-7-15(14)13-26-18-17(24-20(26)27)12-23-19(25-18)22-11-9-16-8-4-5-10-21-16/h2-3,6-7,12,16,21H,4-5,8-11,13H2,1H3,(H,24,27)(H,22,23,25). The van der Waals surface area contributed by atoms with Gasteiger partial charge in [0.25, 0.3) is 0 Å². The van der Waals surface area contributed by atoms with E-state index in [9.17, 15) is 4.79 Å². The Morgan fingerprint density at radius 2 is 2.19 bits per heavy atom. The fourth-order valence-corrected chi connectivity index (χ4v) is 3.66. The van der Waals surface area contributed by atoms with Crippen molar-refractivity contribution in [1.29, 1.82) is 0 Å². The van der Waals surface area contributed by atoms with E-state index < -0.39 is 0 Å². The largest absolute Gasteiger partial charge is 0.354 e. The Hall–Kier alpha value is -2.67. The van der Waals surface area contributed by atoms with Gasteiger partial charge >= 0.3 is 5.69 Å². The highest BCUT2D eigenvalue weighted by Crippen LogP contribution is 2.14. The molecule has 1 fully saturated rings. The number of aromatic amines is 1. The minimum atomic E-state index is -0.161. The van der Waals surface area contributed by atoms with Crippen LogP contribution in [0.5, 0.6) is 0 Å². The van der Waals surface area contributed by atoms with Crippen LogP contribution in [0.4, 0.5) is 5.95 Å². The van der Waals surface area contributed by atoms with E-state index in [4.69, 9.17) is 0 Å². The molecule has 0 radical (unpaired) electrons. The fourth-order valence-electron chi connectivity index (χ4n) is 3.66. The average molecular weight is 366 g/mol. The molecule has 0 aliphatic carbocycles. The van der Waals surface area contributed by atoms with Crippen molar-refractivity contribution in [3.8, 4) is 0 Å². The molecule has 142 valence electrons. The summed E-state index contributed by atoms with van der Waals surface area (Å²) in [4.78, 5) is 24.2. The van der Waals surface area contributed by atoms with E-state index in [1.165, 1.54) is 19.3 Å². The zero-order valence-electron chi connectivity index (χ0n) is 15.7. The third kappa shape index (κ3) is 4.03. The summed E-state index contributed by atoms with van der Waals surface area (Å²) in [6.07, 6.45) is 6.53. The molecule has 3 N–H and O–H groups in total. The molecular formula is C20H26N6O. The predicted molar refractivity (Wildman–Crippen MR) is 107 cm³/mol. The SMILES string of the molecule is Cc1ccccc1Cn1c(=O)[nH]c2cnc(NCCC3CCCCN3)nc21. The monoisotopic (exact) mass is 366 g/mol. The molecule has 1 aromatic carbocycles. The number of aryl methyl sites for hydroxylation is 1. The van der Waals surface area contributed by atoms with E-state index in [2.05, 4.69) is 38.6 Å². The maximum atomic E-state index is 12.4. The first-order chi connectivity index (χ1) is 13.2. The number of imidazole rings is 1. The Morgan fingerprint density at radius 3 is 3.00 bits per heavy atom. The summed E-state index contributed by atoms with van der Waals surface area (Å²) in [5.41, 5.74) is 3.40. The van der Waals surface area contributed by atoms with Crippen LogP contribution >= 0.6 is 0 Å². The predicted octanol–water partition coefficient (Wildman–Crippen LogP) is 2.42. The summed E-state index contributed by atoms with van der Waals surface area (Å²) in [7, 11) is 0. The van der Waals surface area contributed by atoms with Gasteiger partial charge in [0.15, 0.2) is 5.65 Å². The molecule has 1 unspecified atom stereocenters. The highest BCUT2D eigenvalue weighted by atomic mass is 16.1. The van der Waals surface area contributed by atoms with Crippen molar-refractivity contribution in [3.05, 3.63) is 52.1 Å². The smallest absolute Gasteiger partial charge is 0.328 e. The van der Waals surface area contributed by atoms with Crippen LogP contribution in [0, 0.1) is 6.92 Å². The van der Waals surface area contributed by atoms with Crippen LogP contribution < -0.4 is 16.3 Å². The van der Waals surface area contributed by atoms with Crippen molar-refractivity contribution in [3.63, 3.8) is 0 Å². The lowest BCUT2D eigenvalue weighted by Crippen LogP contribution is -2.35. The van der Waals surface area contributed by atoms with Gasteiger partial charge in [0, 0.05) is 12.6 Å². The number of nitrogens with one attached hydrogen (secondary N) is 3. The molecule has 3 heterocycles. The molecule has 4 rings (SSSR count). The van der Waals surface area contributed by atoms with Crippen molar-refractivity contribution >= 4 is 17.1 Å². The first-order valence-electron chi connectivity index (χ1n) is 9.68. The number of anilines is 1. The van der Waals surface area contributed by atoms with Crippen molar-refractivity contribution in [2.75, 3.05) is 18.4 Å². The summed E-state index contributed by atoms with van der Waals surface area (Å²) in [5.74, 6) is 0.566. The molecule has 2 aromatic heterocycles. The average Bonchev–Trinajstić information content (AvgIpc) is 2.99. The van der Waals surface area contributed by atoms with Crippen molar-refractivity contribution in [1.82, 2.24) is 24.8 Å². The second-order valence-corrected chi connectivity index (χ2v) is 7.24. The quantitative estimate of drug-likeness (QED) is 0.624. The van der Waals surface area contributed by atoms with Gasteiger partial charge in [-0.2, -0.15) is 4.98 Å². The van der Waals surface area contributed by atoms with Crippen LogP contribution in [-0.2, 0) is 6.54 Å². The minimum absolute atomic E-state index is 0.161. The van der Waals surface area contributed by atoms with Gasteiger partial charge in [-0.05, 0) is 43.9 Å². The molecule has 1 aliphatic heterocycles. The van der Waals surface area contributed by atoms with Crippen LogP contribution in [0.1, 0.15) is 36.8 Å².